The van der Waals surface area contributed by atoms with Crippen LogP contribution in [0, 0.1) is 20.2 Å². The maximum absolute atomic E-state index is 13.8. The van der Waals surface area contributed by atoms with Crippen molar-refractivity contribution in [3.63, 3.8) is 0 Å². The summed E-state index contributed by atoms with van der Waals surface area (Å²) >= 11 is 7.70. The van der Waals surface area contributed by atoms with E-state index in [1.807, 2.05) is 36.4 Å². The zero-order valence-corrected chi connectivity index (χ0v) is 21.5. The van der Waals surface area contributed by atoms with E-state index in [0.717, 1.165) is 57.9 Å². The average molecular weight is 561 g/mol. The van der Waals surface area contributed by atoms with E-state index >= 15 is 0 Å². The maximum atomic E-state index is 13.8. The van der Waals surface area contributed by atoms with Crippen LogP contribution in [0.15, 0.2) is 76.0 Å². The third-order valence-electron chi connectivity index (χ3n) is 6.86. The number of hydrogen-bond donors (Lipinski definition) is 1. The number of aryl methyl sites for hydroxylation is 1. The van der Waals surface area contributed by atoms with Gasteiger partial charge in [0.1, 0.15) is 0 Å². The van der Waals surface area contributed by atoms with Crippen LogP contribution in [0.4, 0.5) is 11.4 Å². The van der Waals surface area contributed by atoms with Gasteiger partial charge in [-0.1, -0.05) is 65.4 Å². The number of halogens is 1. The molecule has 0 radical (unpaired) electrons. The average Bonchev–Trinajstić information content (AvgIpc) is 3.22. The van der Waals surface area contributed by atoms with Crippen molar-refractivity contribution in [3.8, 4) is 5.75 Å². The number of fused-ring (bicyclic) bond motifs is 3. The number of phenols is 1. The molecule has 39 heavy (non-hydrogen) atoms. The molecule has 2 aliphatic rings. The monoisotopic (exact) mass is 560 g/mol. The highest BCUT2D eigenvalue weighted by Crippen LogP contribution is 2.43. The summed E-state index contributed by atoms with van der Waals surface area (Å²) in [6.45, 7) is 0. The third kappa shape index (κ3) is 4.03. The number of nitro benzene ring substituents is 2. The zero-order valence-electron chi connectivity index (χ0n) is 19.9. The second-order valence-electron chi connectivity index (χ2n) is 9.06. The first kappa shape index (κ1) is 24.7. The number of benzene rings is 3. The Kier molecular flexibility index (Phi) is 5.89. The van der Waals surface area contributed by atoms with Gasteiger partial charge < -0.3 is 5.11 Å². The van der Waals surface area contributed by atoms with Crippen LogP contribution in [0.2, 0.25) is 5.02 Å². The lowest BCUT2D eigenvalue weighted by molar-refractivity contribution is -0.396. The molecule has 0 bridgehead atoms. The molecule has 1 aliphatic heterocycles. The van der Waals surface area contributed by atoms with Crippen LogP contribution in [0.25, 0.3) is 11.8 Å². The van der Waals surface area contributed by atoms with Gasteiger partial charge in [0.2, 0.25) is 0 Å². The van der Waals surface area contributed by atoms with Gasteiger partial charge in [-0.2, -0.15) is 0 Å². The highest BCUT2D eigenvalue weighted by Gasteiger charge is 2.33. The Morgan fingerprint density at radius 3 is 2.38 bits per heavy atom. The van der Waals surface area contributed by atoms with Gasteiger partial charge in [0.25, 0.3) is 11.3 Å². The van der Waals surface area contributed by atoms with Crippen molar-refractivity contribution < 1.29 is 15.0 Å². The lowest BCUT2D eigenvalue weighted by atomic mass is 9.83. The summed E-state index contributed by atoms with van der Waals surface area (Å²) in [6.07, 6.45) is 2.78. The summed E-state index contributed by atoms with van der Waals surface area (Å²) < 4.78 is 1.74. The number of nitro groups is 2. The summed E-state index contributed by atoms with van der Waals surface area (Å²) in [5.74, 6) is -1.05. The summed E-state index contributed by atoms with van der Waals surface area (Å²) in [5.41, 5.74) is 2.58. The molecule has 12 heteroatoms. The van der Waals surface area contributed by atoms with Crippen molar-refractivity contribution in [2.24, 2.45) is 4.99 Å². The number of allylic oxidation sites excluding steroid dienone is 1. The van der Waals surface area contributed by atoms with E-state index in [4.69, 9.17) is 16.6 Å². The van der Waals surface area contributed by atoms with Crippen LogP contribution in [-0.2, 0) is 6.42 Å². The SMILES string of the molecule is O=c1/c(=C\c2cc([N+](=O)[O-])c(O)c([N+](=O)[O-])c2)sc2n1C(c1ccccc1Cl)C1=C(N=2)c2ccccc2CC1. The van der Waals surface area contributed by atoms with E-state index in [9.17, 15) is 30.1 Å². The lowest BCUT2D eigenvalue weighted by Gasteiger charge is -2.31. The smallest absolute Gasteiger partial charge is 0.318 e. The summed E-state index contributed by atoms with van der Waals surface area (Å²) in [7, 11) is 0. The van der Waals surface area contributed by atoms with E-state index in [1.165, 1.54) is 6.08 Å². The van der Waals surface area contributed by atoms with Crippen LogP contribution in [-0.4, -0.2) is 19.5 Å². The Morgan fingerprint density at radius 2 is 1.69 bits per heavy atom. The van der Waals surface area contributed by atoms with Crippen molar-refractivity contribution in [1.29, 1.82) is 0 Å². The zero-order chi connectivity index (χ0) is 27.4. The van der Waals surface area contributed by atoms with Gasteiger partial charge in [-0.15, -0.1) is 0 Å². The highest BCUT2D eigenvalue weighted by molar-refractivity contribution is 7.07. The Bertz CT molecular complexity index is 1910. The van der Waals surface area contributed by atoms with Crippen molar-refractivity contribution in [2.75, 3.05) is 0 Å². The molecule has 1 aromatic heterocycles. The number of aromatic nitrogens is 1. The van der Waals surface area contributed by atoms with Gasteiger partial charge in [0.05, 0.1) is 26.1 Å². The van der Waals surface area contributed by atoms with Gasteiger partial charge in [-0.25, -0.2) is 4.99 Å². The van der Waals surface area contributed by atoms with Crippen molar-refractivity contribution in [2.45, 2.75) is 18.9 Å². The number of hydrogen-bond acceptors (Lipinski definition) is 8. The molecule has 0 spiro atoms. The fraction of sp³-hybridized carbons (Fsp3) is 0.111. The molecule has 1 unspecified atom stereocenters. The van der Waals surface area contributed by atoms with Crippen LogP contribution < -0.4 is 14.9 Å². The van der Waals surface area contributed by atoms with Gasteiger partial charge in [0, 0.05) is 22.7 Å². The second-order valence-corrected chi connectivity index (χ2v) is 10.5. The molecule has 0 fully saturated rings. The predicted octanol–water partition coefficient (Wildman–Crippen LogP) is 4.49. The molecule has 0 saturated heterocycles. The Morgan fingerprint density at radius 1 is 1.03 bits per heavy atom. The van der Waals surface area contributed by atoms with Gasteiger partial charge in [-0.3, -0.25) is 29.6 Å². The summed E-state index contributed by atoms with van der Waals surface area (Å²) in [5, 5.41) is 33.3. The molecule has 3 aromatic carbocycles. The topological polar surface area (TPSA) is 141 Å². The van der Waals surface area contributed by atoms with Crippen molar-refractivity contribution >= 4 is 46.1 Å². The lowest BCUT2D eigenvalue weighted by Crippen LogP contribution is -2.38. The quantitative estimate of drug-likeness (QED) is 0.288. The van der Waals surface area contributed by atoms with E-state index in [-0.39, 0.29) is 10.1 Å². The Labute approximate surface area is 228 Å². The predicted molar refractivity (Wildman–Crippen MR) is 146 cm³/mol. The molecule has 2 heterocycles. The molecular weight excluding hydrogens is 544 g/mol. The van der Waals surface area contributed by atoms with Crippen LogP contribution in [0.1, 0.15) is 34.7 Å². The standard InChI is InChI=1S/C27H17ClN4O6S/c28-19-8-4-3-7-17(19)24-18-10-9-15-5-1-2-6-16(15)23(18)29-27-30(24)26(34)22(39-27)13-14-11-20(31(35)36)25(33)21(12-14)32(37)38/h1-8,11-13,24,33H,9-10H2/b22-13+. The highest BCUT2D eigenvalue weighted by atomic mass is 35.5. The fourth-order valence-electron chi connectivity index (χ4n) is 5.13. The third-order valence-corrected chi connectivity index (χ3v) is 8.18. The first-order chi connectivity index (χ1) is 18.7. The van der Waals surface area contributed by atoms with Crippen LogP contribution in [0.3, 0.4) is 0 Å². The molecule has 0 saturated carbocycles. The van der Waals surface area contributed by atoms with Gasteiger partial charge >= 0.3 is 11.4 Å². The van der Waals surface area contributed by atoms with E-state index in [0.29, 0.717) is 16.2 Å². The number of phenolic OH excluding ortho intramolecular Hbond substituents is 1. The minimum atomic E-state index is -1.05. The molecule has 6 rings (SSSR count). The molecule has 1 N–H and O–H groups in total. The Balaban J connectivity index is 1.63. The summed E-state index contributed by atoms with van der Waals surface area (Å²) in [6, 6.07) is 16.7. The normalized spacial score (nSPS) is 16.2. The van der Waals surface area contributed by atoms with E-state index in [1.54, 1.807) is 10.6 Å². The number of nitrogens with zero attached hydrogens (tertiary/aromatic N) is 4. The molecular formula is C27H17ClN4O6S. The second kappa shape index (κ2) is 9.29. The first-order valence-electron chi connectivity index (χ1n) is 11.8. The van der Waals surface area contributed by atoms with Crippen LogP contribution in [0.5, 0.6) is 5.75 Å². The molecule has 1 atom stereocenters. The molecule has 0 amide bonds. The van der Waals surface area contributed by atoms with E-state index < -0.39 is 38.6 Å². The Hall–Kier alpha value is -4.61. The van der Waals surface area contributed by atoms with Crippen molar-refractivity contribution in [3.05, 3.63) is 133 Å². The number of aromatic hydroxyl groups is 1. The van der Waals surface area contributed by atoms with Gasteiger partial charge in [-0.05, 0) is 47.2 Å². The van der Waals surface area contributed by atoms with Crippen LogP contribution >= 0.6 is 22.9 Å². The van der Waals surface area contributed by atoms with Crippen molar-refractivity contribution in [1.82, 2.24) is 4.57 Å². The molecule has 10 nitrogen and oxygen atoms in total. The fourth-order valence-corrected chi connectivity index (χ4v) is 6.37. The van der Waals surface area contributed by atoms with E-state index in [2.05, 4.69) is 6.07 Å². The minimum absolute atomic E-state index is 0.0276. The van der Waals surface area contributed by atoms with Gasteiger partial charge in [0.15, 0.2) is 4.80 Å². The number of thiazole rings is 1. The molecule has 4 aromatic rings. The summed E-state index contributed by atoms with van der Waals surface area (Å²) in [4.78, 5) is 40.1. The number of rotatable bonds is 4. The molecule has 194 valence electrons. The molecule has 1 aliphatic carbocycles. The maximum Gasteiger partial charge on any atom is 0.318 e. The first-order valence-corrected chi connectivity index (χ1v) is 13.0. The minimum Gasteiger partial charge on any atom is -0.497 e. The largest absolute Gasteiger partial charge is 0.497 e.